The van der Waals surface area contributed by atoms with Crippen molar-refractivity contribution in [3.63, 3.8) is 0 Å². The van der Waals surface area contributed by atoms with E-state index in [9.17, 15) is 4.79 Å². The van der Waals surface area contributed by atoms with Crippen molar-refractivity contribution in [3.05, 3.63) is 48.2 Å². The minimum Gasteiger partial charge on any atom is -0.383 e. The molecule has 2 aromatic rings. The molecule has 0 aromatic carbocycles. The van der Waals surface area contributed by atoms with Crippen LogP contribution in [0, 0.1) is 0 Å². The quantitative estimate of drug-likeness (QED) is 0.314. The monoisotopic (exact) mass is 246 g/mol. The van der Waals surface area contributed by atoms with E-state index in [1.807, 2.05) is 35.0 Å². The molecule has 2 aromatic heterocycles. The number of primary amides is 1. The van der Waals surface area contributed by atoms with Crippen LogP contribution in [0.25, 0.3) is 5.65 Å². The van der Waals surface area contributed by atoms with Gasteiger partial charge in [-0.3, -0.25) is 10.6 Å². The van der Waals surface area contributed by atoms with Gasteiger partial charge in [0.15, 0.2) is 0 Å². The second kappa shape index (κ2) is 5.19. The average Bonchev–Trinajstić information content (AvgIpc) is 2.76. The van der Waals surface area contributed by atoms with Crippen LogP contribution in [0.2, 0.25) is 0 Å². The van der Waals surface area contributed by atoms with Gasteiger partial charge in [0.2, 0.25) is 0 Å². The zero-order valence-electron chi connectivity index (χ0n) is 9.63. The first-order valence-electron chi connectivity index (χ1n) is 5.33. The SMILES string of the molecule is NN/C(=C\NCc1cn2ccccc2n1)C(N)=O. The Bertz CT molecular complexity index is 555. The first kappa shape index (κ1) is 11.9. The summed E-state index contributed by atoms with van der Waals surface area (Å²) < 4.78 is 1.91. The van der Waals surface area contributed by atoms with Crippen molar-refractivity contribution in [1.82, 2.24) is 20.1 Å². The molecule has 0 saturated carbocycles. The van der Waals surface area contributed by atoms with Crippen LogP contribution in [-0.4, -0.2) is 15.3 Å². The maximum absolute atomic E-state index is 10.9. The van der Waals surface area contributed by atoms with Gasteiger partial charge in [0.1, 0.15) is 11.3 Å². The third kappa shape index (κ3) is 2.58. The standard InChI is InChI=1S/C11H14N6O/c12-11(18)9(16-13)6-14-5-8-7-17-4-2-1-3-10(17)15-8/h1-4,6-7,14,16H,5,13H2,(H2,12,18)/b9-6-. The first-order valence-corrected chi connectivity index (χ1v) is 5.33. The van der Waals surface area contributed by atoms with E-state index < -0.39 is 5.91 Å². The summed E-state index contributed by atoms with van der Waals surface area (Å²) in [7, 11) is 0. The molecule has 0 fully saturated rings. The van der Waals surface area contributed by atoms with E-state index in [1.165, 1.54) is 6.20 Å². The van der Waals surface area contributed by atoms with Crippen molar-refractivity contribution >= 4 is 11.6 Å². The maximum Gasteiger partial charge on any atom is 0.267 e. The van der Waals surface area contributed by atoms with Crippen molar-refractivity contribution in [1.29, 1.82) is 0 Å². The lowest BCUT2D eigenvalue weighted by Crippen LogP contribution is -2.32. The van der Waals surface area contributed by atoms with E-state index in [-0.39, 0.29) is 5.70 Å². The minimum atomic E-state index is -0.625. The molecule has 0 spiro atoms. The van der Waals surface area contributed by atoms with Gasteiger partial charge in [-0.2, -0.15) is 0 Å². The number of hydrogen-bond donors (Lipinski definition) is 4. The number of aromatic nitrogens is 2. The van der Waals surface area contributed by atoms with Gasteiger partial charge in [-0.15, -0.1) is 0 Å². The number of hydrogen-bond acceptors (Lipinski definition) is 5. The van der Waals surface area contributed by atoms with Crippen molar-refractivity contribution in [2.45, 2.75) is 6.54 Å². The predicted molar refractivity (Wildman–Crippen MR) is 66.6 cm³/mol. The Morgan fingerprint density at radius 1 is 1.50 bits per heavy atom. The molecule has 18 heavy (non-hydrogen) atoms. The lowest BCUT2D eigenvalue weighted by molar-refractivity contribution is -0.114. The number of nitrogens with two attached hydrogens (primary N) is 2. The third-order valence-corrected chi connectivity index (χ3v) is 2.36. The number of fused-ring (bicyclic) bond motifs is 1. The van der Waals surface area contributed by atoms with Gasteiger partial charge in [0.25, 0.3) is 5.91 Å². The highest BCUT2D eigenvalue weighted by atomic mass is 16.1. The van der Waals surface area contributed by atoms with Crippen molar-refractivity contribution in [2.24, 2.45) is 11.6 Å². The number of nitrogens with one attached hydrogen (secondary N) is 2. The highest BCUT2D eigenvalue weighted by molar-refractivity contribution is 5.90. The van der Waals surface area contributed by atoms with Gasteiger partial charge < -0.3 is 20.9 Å². The highest BCUT2D eigenvalue weighted by Gasteiger charge is 2.02. The van der Waals surface area contributed by atoms with E-state index in [0.717, 1.165) is 11.3 Å². The number of amides is 1. The summed E-state index contributed by atoms with van der Waals surface area (Å²) in [6.45, 7) is 0.472. The van der Waals surface area contributed by atoms with Crippen LogP contribution in [0.1, 0.15) is 5.69 Å². The second-order valence-corrected chi connectivity index (χ2v) is 3.65. The number of hydrazine groups is 1. The molecule has 0 radical (unpaired) electrons. The Kier molecular flexibility index (Phi) is 3.44. The van der Waals surface area contributed by atoms with Crippen LogP contribution in [0.4, 0.5) is 0 Å². The Morgan fingerprint density at radius 3 is 3.00 bits per heavy atom. The summed E-state index contributed by atoms with van der Waals surface area (Å²) in [6, 6.07) is 5.76. The smallest absolute Gasteiger partial charge is 0.267 e. The van der Waals surface area contributed by atoms with Gasteiger partial charge in [0.05, 0.1) is 12.2 Å². The summed E-state index contributed by atoms with van der Waals surface area (Å²) in [5.74, 6) is 4.51. The molecular weight excluding hydrogens is 232 g/mol. The molecule has 7 nitrogen and oxygen atoms in total. The van der Waals surface area contributed by atoms with Crippen LogP contribution in [0.5, 0.6) is 0 Å². The van der Waals surface area contributed by atoms with E-state index in [4.69, 9.17) is 11.6 Å². The predicted octanol–water partition coefficient (Wildman–Crippen LogP) is -0.786. The van der Waals surface area contributed by atoms with E-state index in [2.05, 4.69) is 15.7 Å². The van der Waals surface area contributed by atoms with Crippen molar-refractivity contribution in [3.8, 4) is 0 Å². The molecule has 2 heterocycles. The topological polar surface area (TPSA) is 110 Å². The van der Waals surface area contributed by atoms with E-state index >= 15 is 0 Å². The normalized spacial score (nSPS) is 11.5. The highest BCUT2D eigenvalue weighted by Crippen LogP contribution is 2.03. The van der Waals surface area contributed by atoms with Crippen LogP contribution in [0.3, 0.4) is 0 Å². The molecule has 0 bridgehead atoms. The molecule has 0 atom stereocenters. The molecule has 94 valence electrons. The minimum absolute atomic E-state index is 0.110. The number of nitrogens with zero attached hydrogens (tertiary/aromatic N) is 2. The maximum atomic E-state index is 10.9. The molecule has 0 saturated heterocycles. The Hall–Kier alpha value is -2.54. The van der Waals surface area contributed by atoms with E-state index in [0.29, 0.717) is 6.54 Å². The van der Waals surface area contributed by atoms with Gasteiger partial charge in [-0.25, -0.2) is 4.98 Å². The molecule has 0 aliphatic heterocycles. The number of carbonyl (C=O) groups excluding carboxylic acids is 1. The number of rotatable bonds is 5. The summed E-state index contributed by atoms with van der Waals surface area (Å²) in [4.78, 5) is 15.2. The molecular formula is C11H14N6O. The van der Waals surface area contributed by atoms with Crippen LogP contribution >= 0.6 is 0 Å². The zero-order chi connectivity index (χ0) is 13.0. The second-order valence-electron chi connectivity index (χ2n) is 3.65. The van der Waals surface area contributed by atoms with Gasteiger partial charge in [-0.05, 0) is 12.1 Å². The fourth-order valence-electron chi connectivity index (χ4n) is 1.51. The molecule has 7 heteroatoms. The molecule has 2 rings (SSSR count). The van der Waals surface area contributed by atoms with Gasteiger partial charge in [-0.1, -0.05) is 6.07 Å². The van der Waals surface area contributed by atoms with Gasteiger partial charge >= 0.3 is 0 Å². The number of imidazole rings is 1. The van der Waals surface area contributed by atoms with Crippen LogP contribution in [0.15, 0.2) is 42.5 Å². The summed E-state index contributed by atoms with van der Waals surface area (Å²) >= 11 is 0. The summed E-state index contributed by atoms with van der Waals surface area (Å²) in [6.07, 6.45) is 5.24. The fourth-order valence-corrected chi connectivity index (χ4v) is 1.51. The Labute approximate surface area is 103 Å². The number of carbonyl (C=O) groups is 1. The Morgan fingerprint density at radius 2 is 2.33 bits per heavy atom. The van der Waals surface area contributed by atoms with Crippen molar-refractivity contribution in [2.75, 3.05) is 0 Å². The fraction of sp³-hybridized carbons (Fsp3) is 0.0909. The molecule has 0 aliphatic rings. The zero-order valence-corrected chi connectivity index (χ0v) is 9.63. The first-order chi connectivity index (χ1) is 8.70. The van der Waals surface area contributed by atoms with Crippen LogP contribution < -0.4 is 22.3 Å². The molecule has 0 aliphatic carbocycles. The van der Waals surface area contributed by atoms with Crippen molar-refractivity contribution < 1.29 is 4.79 Å². The molecule has 6 N–H and O–H groups in total. The third-order valence-electron chi connectivity index (χ3n) is 2.36. The average molecular weight is 246 g/mol. The van der Waals surface area contributed by atoms with Crippen LogP contribution in [-0.2, 0) is 11.3 Å². The number of pyridine rings is 1. The lowest BCUT2D eigenvalue weighted by Gasteiger charge is -2.02. The summed E-state index contributed by atoms with van der Waals surface area (Å²) in [5, 5.41) is 2.91. The largest absolute Gasteiger partial charge is 0.383 e. The molecule has 0 unspecified atom stereocenters. The van der Waals surface area contributed by atoms with Gasteiger partial charge in [0, 0.05) is 18.6 Å². The molecule has 1 amide bonds. The summed E-state index contributed by atoms with van der Waals surface area (Å²) in [5.41, 5.74) is 9.11. The van der Waals surface area contributed by atoms with E-state index in [1.54, 1.807) is 0 Å². The Balaban J connectivity index is 2.04. The lowest BCUT2D eigenvalue weighted by atomic mass is 10.4.